The molecular formula is C18H20Cl2N6O2. The molecule has 3 aromatic rings. The number of anilines is 1. The van der Waals surface area contributed by atoms with Gasteiger partial charge in [0.1, 0.15) is 0 Å². The van der Waals surface area contributed by atoms with Gasteiger partial charge < -0.3 is 14.6 Å². The first kappa shape index (κ1) is 16.8. The lowest BCUT2D eigenvalue weighted by Gasteiger charge is -2.26. The van der Waals surface area contributed by atoms with Crippen LogP contribution < -0.4 is 10.9 Å². The topological polar surface area (TPSA) is 88.1 Å². The molecule has 4 rings (SSSR count). The molecule has 0 radical (unpaired) electrons. The number of rotatable bonds is 6. The molecule has 1 aromatic carbocycles. The van der Waals surface area contributed by atoms with Crippen LogP contribution in [-0.4, -0.2) is 57.3 Å². The lowest BCUT2D eigenvalue weighted by atomic mass is 10.2. The Labute approximate surface area is 174 Å². The fraction of sp³-hybridized carbons (Fsp3) is 0.389. The molecule has 0 unspecified atom stereocenters. The third-order valence-corrected chi connectivity index (χ3v) is 5.23. The Morgan fingerprint density at radius 2 is 2.07 bits per heavy atom. The van der Waals surface area contributed by atoms with Crippen molar-refractivity contribution in [1.29, 1.82) is 0 Å². The molecule has 28 heavy (non-hydrogen) atoms. The van der Waals surface area contributed by atoms with Gasteiger partial charge in [0.25, 0.3) is 5.56 Å². The van der Waals surface area contributed by atoms with Crippen molar-refractivity contribution in [1.82, 2.24) is 24.4 Å². The van der Waals surface area contributed by atoms with E-state index in [9.17, 15) is 4.79 Å². The minimum atomic E-state index is -2.04. The monoisotopic (exact) mass is 424 g/mol. The fourth-order valence-corrected chi connectivity index (χ4v) is 3.29. The summed E-state index contributed by atoms with van der Waals surface area (Å²) in [5.41, 5.74) is 0.444. The van der Waals surface area contributed by atoms with Gasteiger partial charge >= 0.3 is 0 Å². The van der Waals surface area contributed by atoms with E-state index in [1.54, 1.807) is 10.9 Å². The highest BCUT2D eigenvalue weighted by Gasteiger charge is 2.14. The maximum Gasteiger partial charge on any atom is 0.278 e. The molecule has 148 valence electrons. The lowest BCUT2D eigenvalue weighted by Crippen LogP contribution is -2.38. The molecule has 1 fully saturated rings. The van der Waals surface area contributed by atoms with Crippen LogP contribution in [0, 0.1) is 0 Å². The first-order chi connectivity index (χ1) is 14.3. The predicted molar refractivity (Wildman–Crippen MR) is 109 cm³/mol. The second-order valence-corrected chi connectivity index (χ2v) is 7.17. The third kappa shape index (κ3) is 4.30. The van der Waals surface area contributed by atoms with Gasteiger partial charge in [-0.25, -0.2) is 4.98 Å². The zero-order valence-corrected chi connectivity index (χ0v) is 16.4. The molecule has 2 N–H and O–H groups in total. The van der Waals surface area contributed by atoms with Crippen LogP contribution in [0.1, 0.15) is 8.30 Å². The number of nitrogens with zero attached hydrogens (tertiary/aromatic N) is 4. The highest BCUT2D eigenvalue weighted by Crippen LogP contribution is 2.22. The molecular weight excluding hydrogens is 403 g/mol. The quantitative estimate of drug-likeness (QED) is 0.631. The fourth-order valence-electron chi connectivity index (χ4n) is 2.99. The molecule has 0 saturated carbocycles. The number of aromatic amines is 1. The Hall–Kier alpha value is -2.13. The van der Waals surface area contributed by atoms with E-state index in [4.69, 9.17) is 30.7 Å². The third-order valence-electron chi connectivity index (χ3n) is 4.49. The number of hydrogen-bond donors (Lipinski definition) is 2. The highest BCUT2D eigenvalue weighted by molar-refractivity contribution is 6.42. The van der Waals surface area contributed by atoms with Crippen LogP contribution in [0.15, 0.2) is 29.3 Å². The second-order valence-electron chi connectivity index (χ2n) is 6.36. The maximum absolute atomic E-state index is 12.7. The van der Waals surface area contributed by atoms with E-state index in [1.165, 1.54) is 18.2 Å². The number of imidazole rings is 1. The van der Waals surface area contributed by atoms with E-state index in [2.05, 4.69) is 25.2 Å². The van der Waals surface area contributed by atoms with Crippen molar-refractivity contribution in [2.75, 3.05) is 38.2 Å². The summed E-state index contributed by atoms with van der Waals surface area (Å²) in [6.45, 7) is 2.46. The molecule has 10 heteroatoms. The van der Waals surface area contributed by atoms with Crippen LogP contribution in [0.5, 0.6) is 0 Å². The normalized spacial score (nSPS) is 16.8. The molecule has 0 aliphatic carbocycles. The Bertz CT molecular complexity index is 1110. The largest absolute Gasteiger partial charge is 0.379 e. The van der Waals surface area contributed by atoms with Gasteiger partial charge in [0.05, 0.1) is 32.3 Å². The van der Waals surface area contributed by atoms with Gasteiger partial charge in [-0.3, -0.25) is 14.7 Å². The van der Waals surface area contributed by atoms with Gasteiger partial charge in [-0.15, -0.1) is 0 Å². The molecule has 0 amide bonds. The first-order valence-electron chi connectivity index (χ1n) is 9.82. The number of fused-ring (bicyclic) bond motifs is 1. The zero-order valence-electron chi connectivity index (χ0n) is 16.9. The van der Waals surface area contributed by atoms with E-state index in [0.717, 1.165) is 19.6 Å². The number of benzene rings is 1. The number of ether oxygens (including phenoxy) is 1. The van der Waals surface area contributed by atoms with E-state index < -0.39 is 12.1 Å². The molecule has 1 saturated heterocycles. The average Bonchev–Trinajstić information content (AvgIpc) is 3.12. The summed E-state index contributed by atoms with van der Waals surface area (Å²) < 4.78 is 23.7. The van der Waals surface area contributed by atoms with Crippen LogP contribution in [0.25, 0.3) is 11.2 Å². The molecule has 0 atom stereocenters. The Morgan fingerprint density at radius 1 is 1.25 bits per heavy atom. The summed E-state index contributed by atoms with van der Waals surface area (Å²) in [7, 11) is 0. The number of aromatic nitrogens is 4. The van der Waals surface area contributed by atoms with Gasteiger partial charge in [0.2, 0.25) is 5.95 Å². The molecule has 0 spiro atoms. The smallest absolute Gasteiger partial charge is 0.278 e. The highest BCUT2D eigenvalue weighted by atomic mass is 35.5. The van der Waals surface area contributed by atoms with E-state index in [0.29, 0.717) is 30.3 Å². The van der Waals surface area contributed by atoms with Gasteiger partial charge in [0, 0.05) is 32.7 Å². The number of H-pyrrole nitrogens is 1. The van der Waals surface area contributed by atoms with Gasteiger partial charge in [0.15, 0.2) is 11.2 Å². The van der Waals surface area contributed by atoms with Crippen LogP contribution in [0.3, 0.4) is 0 Å². The molecule has 8 nitrogen and oxygen atoms in total. The molecule has 0 bridgehead atoms. The van der Waals surface area contributed by atoms with Gasteiger partial charge in [-0.1, -0.05) is 29.3 Å². The van der Waals surface area contributed by atoms with Crippen LogP contribution in [0.2, 0.25) is 10.0 Å². The predicted octanol–water partition coefficient (Wildman–Crippen LogP) is 2.37. The molecule has 3 heterocycles. The number of hydrogen-bond acceptors (Lipinski definition) is 6. The number of nitrogens with one attached hydrogen (secondary N) is 2. The van der Waals surface area contributed by atoms with Crippen molar-refractivity contribution in [3.8, 4) is 0 Å². The maximum atomic E-state index is 12.7. The SMILES string of the molecule is [2H]C([2H])(Nc1nc2ncn(CCN3CCOCC3)c2c(=O)[nH]1)c1ccc(Cl)c(Cl)c1. The van der Waals surface area contributed by atoms with Gasteiger partial charge in [-0.05, 0) is 17.7 Å². The first-order valence-corrected chi connectivity index (χ1v) is 9.58. The summed E-state index contributed by atoms with van der Waals surface area (Å²) in [6, 6.07) is 4.44. The van der Waals surface area contributed by atoms with Crippen molar-refractivity contribution in [3.05, 3.63) is 50.5 Å². The standard InChI is InChI=1S/C18H20Cl2N6O2/c19-13-2-1-12(9-14(13)20)10-21-18-23-16-15(17(27)24-18)26(11-22-16)4-3-25-5-7-28-8-6-25/h1-2,9,11H,3-8,10H2,(H2,21,23,24,27)/i10D2. The summed E-state index contributed by atoms with van der Waals surface area (Å²) >= 11 is 11.9. The Balaban J connectivity index is 1.54. The van der Waals surface area contributed by atoms with Crippen LogP contribution in [0.4, 0.5) is 5.95 Å². The van der Waals surface area contributed by atoms with Crippen molar-refractivity contribution in [2.24, 2.45) is 0 Å². The Kier molecular flexibility index (Phi) is 5.09. The van der Waals surface area contributed by atoms with E-state index in [-0.39, 0.29) is 22.2 Å². The van der Waals surface area contributed by atoms with E-state index >= 15 is 0 Å². The average molecular weight is 425 g/mol. The molecule has 1 aliphatic rings. The minimum Gasteiger partial charge on any atom is -0.379 e. The van der Waals surface area contributed by atoms with Crippen LogP contribution >= 0.6 is 23.2 Å². The number of morpholine rings is 1. The molecule has 2 aromatic heterocycles. The summed E-state index contributed by atoms with van der Waals surface area (Å²) in [6.07, 6.45) is 1.57. The second kappa shape index (κ2) is 8.48. The van der Waals surface area contributed by atoms with Gasteiger partial charge in [-0.2, -0.15) is 4.98 Å². The van der Waals surface area contributed by atoms with Crippen LogP contribution in [-0.2, 0) is 17.8 Å². The molecule has 1 aliphatic heterocycles. The summed E-state index contributed by atoms with van der Waals surface area (Å²) in [4.78, 5) is 26.0. The lowest BCUT2D eigenvalue weighted by molar-refractivity contribution is 0.0365. The van der Waals surface area contributed by atoms with Crippen molar-refractivity contribution in [3.63, 3.8) is 0 Å². The zero-order chi connectivity index (χ0) is 21.3. The summed E-state index contributed by atoms with van der Waals surface area (Å²) in [5.74, 6) is -0.0259. The Morgan fingerprint density at radius 3 is 2.86 bits per heavy atom. The number of halogens is 2. The van der Waals surface area contributed by atoms with Crippen molar-refractivity contribution < 1.29 is 7.48 Å². The van der Waals surface area contributed by atoms with E-state index in [1.807, 2.05) is 0 Å². The minimum absolute atomic E-state index is 0.0259. The van der Waals surface area contributed by atoms with Crippen molar-refractivity contribution >= 4 is 40.3 Å². The van der Waals surface area contributed by atoms with Crippen molar-refractivity contribution in [2.45, 2.75) is 13.0 Å². The summed E-state index contributed by atoms with van der Waals surface area (Å²) in [5, 5.41) is 3.16.